The number of ether oxygens (including phenoxy) is 1. The summed E-state index contributed by atoms with van der Waals surface area (Å²) in [6.07, 6.45) is 0.971. The predicted octanol–water partition coefficient (Wildman–Crippen LogP) is 2.87. The molecule has 1 heterocycles. The fraction of sp³-hybridized carbons (Fsp3) is 0.500. The molecule has 1 aliphatic rings. The number of methoxy groups -OCH3 is 1. The summed E-state index contributed by atoms with van der Waals surface area (Å²) in [5.41, 5.74) is 1.58. The molecule has 0 radical (unpaired) electrons. The molecule has 1 unspecified atom stereocenters. The van der Waals surface area contributed by atoms with Crippen LogP contribution < -0.4 is 10.1 Å². The minimum atomic E-state index is -0.328. The first-order chi connectivity index (χ1) is 7.65. The maximum atomic E-state index is 13.7. The molecule has 0 spiro atoms. The first-order valence-electron chi connectivity index (χ1n) is 5.38. The van der Waals surface area contributed by atoms with Crippen LogP contribution in [-0.4, -0.2) is 20.2 Å². The minimum Gasteiger partial charge on any atom is -0.493 e. The van der Waals surface area contributed by atoms with E-state index in [2.05, 4.69) is 5.32 Å². The van der Waals surface area contributed by atoms with Gasteiger partial charge in [0, 0.05) is 18.0 Å². The minimum absolute atomic E-state index is 0.247. The number of hydrogen-bond acceptors (Lipinski definition) is 2. The van der Waals surface area contributed by atoms with E-state index in [1.165, 1.54) is 13.2 Å². The van der Waals surface area contributed by atoms with E-state index >= 15 is 0 Å². The van der Waals surface area contributed by atoms with Gasteiger partial charge in [-0.2, -0.15) is 0 Å². The fourth-order valence-corrected chi connectivity index (χ4v) is 2.53. The van der Waals surface area contributed by atoms with Crippen molar-refractivity contribution in [3.63, 3.8) is 0 Å². The van der Waals surface area contributed by atoms with Crippen LogP contribution in [0.4, 0.5) is 4.39 Å². The highest BCUT2D eigenvalue weighted by Gasteiger charge is 2.26. The smallest absolute Gasteiger partial charge is 0.165 e. The van der Waals surface area contributed by atoms with E-state index in [0.29, 0.717) is 10.8 Å². The molecule has 2 nitrogen and oxygen atoms in total. The van der Waals surface area contributed by atoms with Crippen molar-refractivity contribution < 1.29 is 9.13 Å². The zero-order valence-corrected chi connectivity index (χ0v) is 10.2. The molecule has 88 valence electrons. The maximum absolute atomic E-state index is 13.7. The molecular weight excluding hydrogens is 229 g/mol. The SMILES string of the molecule is COc1c(F)cc(C)c(Cl)c1C1CCNC1. The average Bonchev–Trinajstić information content (AvgIpc) is 2.76. The third-order valence-electron chi connectivity index (χ3n) is 3.06. The largest absolute Gasteiger partial charge is 0.493 e. The van der Waals surface area contributed by atoms with E-state index < -0.39 is 0 Å². The van der Waals surface area contributed by atoms with Crippen LogP contribution in [-0.2, 0) is 0 Å². The summed E-state index contributed by atoms with van der Waals surface area (Å²) in [5, 5.41) is 3.88. The van der Waals surface area contributed by atoms with Crippen LogP contribution in [0.15, 0.2) is 6.07 Å². The molecule has 0 amide bonds. The predicted molar refractivity (Wildman–Crippen MR) is 62.9 cm³/mol. The van der Waals surface area contributed by atoms with E-state index in [9.17, 15) is 4.39 Å². The van der Waals surface area contributed by atoms with Gasteiger partial charge in [0.2, 0.25) is 0 Å². The van der Waals surface area contributed by atoms with Gasteiger partial charge in [0.25, 0.3) is 0 Å². The zero-order chi connectivity index (χ0) is 11.7. The third-order valence-corrected chi connectivity index (χ3v) is 3.56. The molecule has 2 rings (SSSR count). The van der Waals surface area contributed by atoms with E-state index in [0.717, 1.165) is 30.6 Å². The summed E-state index contributed by atoms with van der Waals surface area (Å²) in [6.45, 7) is 3.59. The second-order valence-corrected chi connectivity index (χ2v) is 4.50. The van der Waals surface area contributed by atoms with Crippen molar-refractivity contribution in [1.29, 1.82) is 0 Å². The normalized spacial score (nSPS) is 20.1. The number of nitrogens with one attached hydrogen (secondary N) is 1. The molecular formula is C12H15ClFNO. The van der Waals surface area contributed by atoms with Crippen molar-refractivity contribution in [3.05, 3.63) is 28.0 Å². The molecule has 0 bridgehead atoms. The Balaban J connectivity index is 2.54. The van der Waals surface area contributed by atoms with Crippen molar-refractivity contribution in [2.75, 3.05) is 20.2 Å². The molecule has 0 saturated carbocycles. The Kier molecular flexibility index (Phi) is 3.36. The van der Waals surface area contributed by atoms with Gasteiger partial charge in [-0.1, -0.05) is 11.6 Å². The summed E-state index contributed by atoms with van der Waals surface area (Å²) < 4.78 is 18.9. The lowest BCUT2D eigenvalue weighted by Crippen LogP contribution is -2.10. The van der Waals surface area contributed by atoms with Crippen LogP contribution in [0.3, 0.4) is 0 Å². The summed E-state index contributed by atoms with van der Waals surface area (Å²) in [7, 11) is 1.48. The highest BCUT2D eigenvalue weighted by atomic mass is 35.5. The van der Waals surface area contributed by atoms with Gasteiger partial charge < -0.3 is 10.1 Å². The highest BCUT2D eigenvalue weighted by Crippen LogP contribution is 2.39. The first kappa shape index (κ1) is 11.7. The van der Waals surface area contributed by atoms with E-state index in [1.54, 1.807) is 0 Å². The van der Waals surface area contributed by atoms with Crippen LogP contribution in [0.1, 0.15) is 23.5 Å². The maximum Gasteiger partial charge on any atom is 0.165 e. The zero-order valence-electron chi connectivity index (χ0n) is 9.44. The molecule has 0 aromatic heterocycles. The number of halogens is 2. The molecule has 1 aromatic carbocycles. The number of hydrogen-bond donors (Lipinski definition) is 1. The standard InChI is InChI=1S/C12H15ClFNO/c1-7-5-9(14)12(16-2)10(11(7)13)8-3-4-15-6-8/h5,8,15H,3-4,6H2,1-2H3. The second-order valence-electron chi connectivity index (χ2n) is 4.13. The molecule has 1 fully saturated rings. The molecule has 16 heavy (non-hydrogen) atoms. The van der Waals surface area contributed by atoms with Crippen molar-refractivity contribution in [3.8, 4) is 5.75 Å². The van der Waals surface area contributed by atoms with E-state index in [1.807, 2.05) is 6.92 Å². The van der Waals surface area contributed by atoms with Crippen molar-refractivity contribution in [2.45, 2.75) is 19.3 Å². The van der Waals surface area contributed by atoms with E-state index in [4.69, 9.17) is 16.3 Å². The van der Waals surface area contributed by atoms with Crippen LogP contribution >= 0.6 is 11.6 Å². The lowest BCUT2D eigenvalue weighted by atomic mass is 9.95. The van der Waals surface area contributed by atoms with Gasteiger partial charge in [0.1, 0.15) is 0 Å². The Bertz CT molecular complexity index is 402. The van der Waals surface area contributed by atoms with Crippen LogP contribution in [0, 0.1) is 12.7 Å². The first-order valence-corrected chi connectivity index (χ1v) is 5.76. The molecule has 1 aromatic rings. The van der Waals surface area contributed by atoms with E-state index in [-0.39, 0.29) is 11.7 Å². The van der Waals surface area contributed by atoms with Gasteiger partial charge in [-0.3, -0.25) is 0 Å². The molecule has 1 atom stereocenters. The topological polar surface area (TPSA) is 21.3 Å². The summed E-state index contributed by atoms with van der Waals surface area (Å²) in [4.78, 5) is 0. The number of rotatable bonds is 2. The summed E-state index contributed by atoms with van der Waals surface area (Å²) >= 11 is 6.25. The average molecular weight is 244 g/mol. The Labute approximate surface area is 99.7 Å². The van der Waals surface area contributed by atoms with Crippen LogP contribution in [0.2, 0.25) is 5.02 Å². The molecule has 0 aliphatic carbocycles. The monoisotopic (exact) mass is 243 g/mol. The molecule has 1 aliphatic heterocycles. The lowest BCUT2D eigenvalue weighted by Gasteiger charge is -2.17. The molecule has 1 N–H and O–H groups in total. The Morgan fingerprint density at radius 2 is 2.31 bits per heavy atom. The Hall–Kier alpha value is -0.800. The van der Waals surface area contributed by atoms with Crippen molar-refractivity contribution in [1.82, 2.24) is 5.32 Å². The fourth-order valence-electron chi connectivity index (χ4n) is 2.23. The highest BCUT2D eigenvalue weighted by molar-refractivity contribution is 6.32. The van der Waals surface area contributed by atoms with Gasteiger partial charge in [0.15, 0.2) is 11.6 Å². The van der Waals surface area contributed by atoms with Crippen molar-refractivity contribution >= 4 is 11.6 Å². The second kappa shape index (κ2) is 4.60. The van der Waals surface area contributed by atoms with Gasteiger partial charge in [0.05, 0.1) is 12.1 Å². The van der Waals surface area contributed by atoms with Crippen molar-refractivity contribution in [2.24, 2.45) is 0 Å². The summed E-state index contributed by atoms with van der Waals surface area (Å²) in [6, 6.07) is 1.42. The van der Waals surface area contributed by atoms with Crippen LogP contribution in [0.5, 0.6) is 5.75 Å². The van der Waals surface area contributed by atoms with Crippen LogP contribution in [0.25, 0.3) is 0 Å². The third kappa shape index (κ3) is 1.89. The quantitative estimate of drug-likeness (QED) is 0.863. The number of benzene rings is 1. The Morgan fingerprint density at radius 1 is 1.56 bits per heavy atom. The van der Waals surface area contributed by atoms with Gasteiger partial charge >= 0.3 is 0 Å². The lowest BCUT2D eigenvalue weighted by molar-refractivity contribution is 0.378. The summed E-state index contributed by atoms with van der Waals surface area (Å²) in [5.74, 6) is 0.215. The molecule has 1 saturated heterocycles. The number of aryl methyl sites for hydroxylation is 1. The van der Waals surface area contributed by atoms with Gasteiger partial charge in [-0.15, -0.1) is 0 Å². The van der Waals surface area contributed by atoms with Gasteiger partial charge in [-0.25, -0.2) is 4.39 Å². The van der Waals surface area contributed by atoms with Gasteiger partial charge in [-0.05, 0) is 31.5 Å². The molecule has 4 heteroatoms. The Morgan fingerprint density at radius 3 is 2.88 bits per heavy atom.